The first-order valence-corrected chi connectivity index (χ1v) is 11.1. The minimum atomic E-state index is -4.27. The van der Waals surface area contributed by atoms with E-state index in [1.807, 2.05) is 30.3 Å². The number of fused-ring (bicyclic) bond motifs is 3. The van der Waals surface area contributed by atoms with Crippen molar-refractivity contribution in [3.05, 3.63) is 108 Å². The Morgan fingerprint density at radius 3 is 2.00 bits per heavy atom. The minimum absolute atomic E-state index is 0.0237. The predicted octanol–water partition coefficient (Wildman–Crippen LogP) is 5.33. The number of hydrogen-bond acceptors (Lipinski definition) is 5. The van der Waals surface area contributed by atoms with E-state index in [0.29, 0.717) is 27.8 Å². The number of carbonyl (C=O) groups excluding carboxylic acids is 1. The number of anilines is 1. The standard InChI is InChI=1S/C13H11NO.C12H8O4S/c14-12-8-6-11(7-9-12)13(15)10-4-2-1-3-5-10;13-17(14,15)11-7-3-5-9-8-4-1-2-6-10(8)16-12(9)11/h1-9H,14H2;1-7H,(H,13,14,15). The summed E-state index contributed by atoms with van der Waals surface area (Å²) in [5.74, 6) is 0.0237. The van der Waals surface area contributed by atoms with Crippen LogP contribution in [0.25, 0.3) is 21.9 Å². The summed E-state index contributed by atoms with van der Waals surface area (Å²) in [4.78, 5) is 11.7. The van der Waals surface area contributed by atoms with Crippen LogP contribution in [0.15, 0.2) is 106 Å². The van der Waals surface area contributed by atoms with Crippen LogP contribution in [0.3, 0.4) is 0 Å². The van der Waals surface area contributed by atoms with Crippen LogP contribution in [0.2, 0.25) is 0 Å². The van der Waals surface area contributed by atoms with Crippen molar-refractivity contribution in [3.8, 4) is 0 Å². The van der Waals surface area contributed by atoms with E-state index in [2.05, 4.69) is 0 Å². The number of ketones is 1. The van der Waals surface area contributed by atoms with Gasteiger partial charge in [0.1, 0.15) is 10.5 Å². The van der Waals surface area contributed by atoms with E-state index in [4.69, 9.17) is 14.7 Å². The maximum absolute atomic E-state index is 11.9. The Morgan fingerprint density at radius 2 is 1.31 bits per heavy atom. The zero-order chi connectivity index (χ0) is 22.7. The van der Waals surface area contributed by atoms with Gasteiger partial charge < -0.3 is 10.2 Å². The van der Waals surface area contributed by atoms with E-state index in [9.17, 15) is 13.2 Å². The molecule has 0 atom stereocenters. The minimum Gasteiger partial charge on any atom is -0.455 e. The average molecular weight is 445 g/mol. The summed E-state index contributed by atoms with van der Waals surface area (Å²) in [6.45, 7) is 0. The van der Waals surface area contributed by atoms with E-state index in [1.165, 1.54) is 6.07 Å². The van der Waals surface area contributed by atoms with Crippen molar-refractivity contribution in [3.63, 3.8) is 0 Å². The van der Waals surface area contributed by atoms with E-state index in [-0.39, 0.29) is 16.3 Å². The number of rotatable bonds is 3. The van der Waals surface area contributed by atoms with Crippen molar-refractivity contribution in [1.29, 1.82) is 0 Å². The highest BCUT2D eigenvalue weighted by Crippen LogP contribution is 2.32. The smallest absolute Gasteiger partial charge is 0.298 e. The Hall–Kier alpha value is -3.94. The third-order valence-corrected chi connectivity index (χ3v) is 5.73. The number of nitrogens with two attached hydrogens (primary N) is 1. The molecule has 0 fully saturated rings. The molecule has 7 heteroatoms. The molecule has 0 aliphatic rings. The summed E-state index contributed by atoms with van der Waals surface area (Å²) < 4.78 is 37.0. The lowest BCUT2D eigenvalue weighted by Crippen LogP contribution is -2.00. The Bertz CT molecular complexity index is 1510. The zero-order valence-electron chi connectivity index (χ0n) is 16.8. The number of nitrogen functional groups attached to an aromatic ring is 1. The lowest BCUT2D eigenvalue weighted by atomic mass is 10.0. The fourth-order valence-corrected chi connectivity index (χ4v) is 3.95. The van der Waals surface area contributed by atoms with Gasteiger partial charge in [0.25, 0.3) is 10.1 Å². The van der Waals surface area contributed by atoms with Crippen molar-refractivity contribution in [2.45, 2.75) is 4.90 Å². The van der Waals surface area contributed by atoms with Crippen molar-refractivity contribution in [2.75, 3.05) is 5.73 Å². The van der Waals surface area contributed by atoms with E-state index in [1.54, 1.807) is 60.7 Å². The fraction of sp³-hybridized carbons (Fsp3) is 0. The number of furan rings is 1. The maximum Gasteiger partial charge on any atom is 0.298 e. The van der Waals surface area contributed by atoms with E-state index >= 15 is 0 Å². The summed E-state index contributed by atoms with van der Waals surface area (Å²) in [5, 5.41) is 1.50. The summed E-state index contributed by atoms with van der Waals surface area (Å²) >= 11 is 0. The quantitative estimate of drug-likeness (QED) is 0.221. The van der Waals surface area contributed by atoms with Gasteiger partial charge in [0.15, 0.2) is 11.4 Å². The molecule has 0 radical (unpaired) electrons. The molecule has 3 N–H and O–H groups in total. The van der Waals surface area contributed by atoms with Crippen LogP contribution in [-0.4, -0.2) is 18.8 Å². The first-order valence-electron chi connectivity index (χ1n) is 9.67. The molecule has 1 aromatic heterocycles. The normalized spacial score (nSPS) is 11.2. The zero-order valence-corrected chi connectivity index (χ0v) is 17.6. The second-order valence-corrected chi connectivity index (χ2v) is 8.41. The van der Waals surface area contributed by atoms with Crippen LogP contribution >= 0.6 is 0 Å². The van der Waals surface area contributed by atoms with Crippen LogP contribution in [0.5, 0.6) is 0 Å². The number of benzene rings is 4. The Labute approximate surface area is 184 Å². The highest BCUT2D eigenvalue weighted by molar-refractivity contribution is 7.86. The number of carbonyl (C=O) groups is 1. The molecule has 0 amide bonds. The lowest BCUT2D eigenvalue weighted by molar-refractivity contribution is 0.103. The summed E-state index contributed by atoms with van der Waals surface area (Å²) in [5.41, 5.74) is 8.37. The molecule has 32 heavy (non-hydrogen) atoms. The predicted molar refractivity (Wildman–Crippen MR) is 124 cm³/mol. The monoisotopic (exact) mass is 445 g/mol. The third kappa shape index (κ3) is 4.39. The van der Waals surface area contributed by atoms with Crippen LogP contribution in [0, 0.1) is 0 Å². The fourth-order valence-electron chi connectivity index (χ4n) is 3.32. The summed E-state index contributed by atoms with van der Waals surface area (Å²) in [6.07, 6.45) is 0. The van der Waals surface area contributed by atoms with Crippen molar-refractivity contribution in [2.24, 2.45) is 0 Å². The SMILES string of the molecule is Nc1ccc(C(=O)c2ccccc2)cc1.O=S(=O)(O)c1cccc2c1oc1ccccc12. The second-order valence-electron chi connectivity index (χ2n) is 7.02. The van der Waals surface area contributed by atoms with Crippen LogP contribution in [0.4, 0.5) is 5.69 Å². The number of para-hydroxylation sites is 2. The molecule has 0 spiro atoms. The molecule has 1 heterocycles. The topological polar surface area (TPSA) is 111 Å². The van der Waals surface area contributed by atoms with Crippen LogP contribution in [0.1, 0.15) is 15.9 Å². The molecular weight excluding hydrogens is 426 g/mol. The molecule has 4 aromatic carbocycles. The van der Waals surface area contributed by atoms with Gasteiger partial charge in [-0.3, -0.25) is 9.35 Å². The van der Waals surface area contributed by atoms with Gasteiger partial charge in [0.05, 0.1) is 0 Å². The van der Waals surface area contributed by atoms with Crippen LogP contribution < -0.4 is 5.73 Å². The largest absolute Gasteiger partial charge is 0.455 e. The molecule has 0 bridgehead atoms. The molecule has 0 saturated carbocycles. The lowest BCUT2D eigenvalue weighted by Gasteiger charge is -2.00. The van der Waals surface area contributed by atoms with Crippen LogP contribution in [-0.2, 0) is 10.1 Å². The Balaban J connectivity index is 0.000000155. The molecular formula is C25H19NO5S. The van der Waals surface area contributed by atoms with Gasteiger partial charge in [0, 0.05) is 27.6 Å². The van der Waals surface area contributed by atoms with Gasteiger partial charge >= 0.3 is 0 Å². The second kappa shape index (κ2) is 8.66. The van der Waals surface area contributed by atoms with E-state index in [0.717, 1.165) is 5.39 Å². The highest BCUT2D eigenvalue weighted by atomic mass is 32.2. The van der Waals surface area contributed by atoms with Crippen molar-refractivity contribution >= 4 is 43.5 Å². The van der Waals surface area contributed by atoms with Crippen molar-refractivity contribution in [1.82, 2.24) is 0 Å². The third-order valence-electron chi connectivity index (χ3n) is 4.85. The summed E-state index contributed by atoms with van der Waals surface area (Å²) in [7, 11) is -4.27. The molecule has 0 unspecified atom stereocenters. The van der Waals surface area contributed by atoms with E-state index < -0.39 is 10.1 Å². The first-order chi connectivity index (χ1) is 15.3. The van der Waals surface area contributed by atoms with Gasteiger partial charge in [-0.2, -0.15) is 8.42 Å². The highest BCUT2D eigenvalue weighted by Gasteiger charge is 2.18. The van der Waals surface area contributed by atoms with Gasteiger partial charge in [-0.25, -0.2) is 0 Å². The maximum atomic E-state index is 11.9. The molecule has 6 nitrogen and oxygen atoms in total. The molecule has 0 saturated heterocycles. The van der Waals surface area contributed by atoms with Gasteiger partial charge in [-0.05, 0) is 36.4 Å². The summed E-state index contributed by atoms with van der Waals surface area (Å²) in [6, 6.07) is 28.0. The Morgan fingerprint density at radius 1 is 0.719 bits per heavy atom. The van der Waals surface area contributed by atoms with Crippen molar-refractivity contribution < 1.29 is 22.2 Å². The molecule has 0 aliphatic carbocycles. The molecule has 5 aromatic rings. The molecule has 0 aliphatic heterocycles. The molecule has 160 valence electrons. The van der Waals surface area contributed by atoms with Gasteiger partial charge in [0.2, 0.25) is 0 Å². The average Bonchev–Trinajstić information content (AvgIpc) is 3.18. The van der Waals surface area contributed by atoms with Gasteiger partial charge in [-0.1, -0.05) is 60.7 Å². The molecule has 5 rings (SSSR count). The number of hydrogen-bond donors (Lipinski definition) is 2. The first kappa shape index (κ1) is 21.3. The Kier molecular flexibility index (Phi) is 5.77. The van der Waals surface area contributed by atoms with Gasteiger partial charge in [-0.15, -0.1) is 0 Å².